The molecule has 0 aromatic heterocycles. The minimum atomic E-state index is -0.657. The van der Waals surface area contributed by atoms with Crippen molar-refractivity contribution in [3.63, 3.8) is 0 Å². The lowest BCUT2D eigenvalue weighted by Gasteiger charge is -2.32. The molecule has 0 bridgehead atoms. The van der Waals surface area contributed by atoms with Gasteiger partial charge in [-0.05, 0) is 75.9 Å². The Labute approximate surface area is 189 Å². The number of carbonyl (C=O) groups is 2. The average Bonchev–Trinajstić information content (AvgIpc) is 2.62. The van der Waals surface area contributed by atoms with E-state index in [0.717, 1.165) is 16.7 Å². The molecule has 4 nitrogen and oxygen atoms in total. The molecule has 0 aliphatic heterocycles. The smallest absolute Gasteiger partial charge is 0.242 e. The maximum absolute atomic E-state index is 13.3. The normalized spacial score (nSPS) is 12.4. The number of nitrogens with one attached hydrogen (secondary N) is 1. The number of aryl methyl sites for hydroxylation is 2. The summed E-state index contributed by atoms with van der Waals surface area (Å²) >= 11 is 12.4. The maximum Gasteiger partial charge on any atom is 0.242 e. The highest BCUT2D eigenvalue weighted by Gasteiger charge is 2.29. The number of hydrogen-bond acceptors (Lipinski definition) is 2. The van der Waals surface area contributed by atoms with E-state index in [9.17, 15) is 9.59 Å². The summed E-state index contributed by atoms with van der Waals surface area (Å²) in [6, 6.07) is 10.5. The number of hydrogen-bond donors (Lipinski definition) is 1. The third kappa shape index (κ3) is 6.75. The van der Waals surface area contributed by atoms with E-state index < -0.39 is 11.6 Å². The molecule has 162 valence electrons. The van der Waals surface area contributed by atoms with Gasteiger partial charge in [-0.3, -0.25) is 9.59 Å². The van der Waals surface area contributed by atoms with Gasteiger partial charge in [-0.15, -0.1) is 0 Å². The molecular weight excluding hydrogens is 419 g/mol. The van der Waals surface area contributed by atoms with Crippen LogP contribution in [0.1, 0.15) is 49.9 Å². The Bertz CT molecular complexity index is 935. The molecule has 0 heterocycles. The summed E-state index contributed by atoms with van der Waals surface area (Å²) in [7, 11) is 0. The molecule has 30 heavy (non-hydrogen) atoms. The molecule has 0 saturated heterocycles. The van der Waals surface area contributed by atoms with E-state index in [4.69, 9.17) is 23.2 Å². The van der Waals surface area contributed by atoms with E-state index in [0.29, 0.717) is 10.0 Å². The lowest BCUT2D eigenvalue weighted by Crippen LogP contribution is -2.52. The predicted molar refractivity (Wildman–Crippen MR) is 124 cm³/mol. The van der Waals surface area contributed by atoms with Gasteiger partial charge in [0.05, 0.1) is 6.42 Å². The van der Waals surface area contributed by atoms with Crippen molar-refractivity contribution in [2.45, 2.75) is 66.1 Å². The highest BCUT2D eigenvalue weighted by molar-refractivity contribution is 6.35. The van der Waals surface area contributed by atoms with Crippen LogP contribution in [-0.4, -0.2) is 28.3 Å². The Morgan fingerprint density at radius 2 is 1.70 bits per heavy atom. The molecule has 0 radical (unpaired) electrons. The molecule has 2 amide bonds. The molecule has 0 aliphatic carbocycles. The van der Waals surface area contributed by atoms with Crippen LogP contribution in [0.25, 0.3) is 0 Å². The number of amides is 2. The van der Waals surface area contributed by atoms with Gasteiger partial charge in [0, 0.05) is 22.1 Å². The SMILES string of the molecule is Cc1ccc(CC(=O)N(Cc2ccc(Cl)cc2Cl)C(C)C(=O)NC(C)(C)C)cc1C. The molecule has 1 atom stereocenters. The van der Waals surface area contributed by atoms with Crippen LogP contribution in [-0.2, 0) is 22.6 Å². The van der Waals surface area contributed by atoms with Gasteiger partial charge in [0.15, 0.2) is 0 Å². The van der Waals surface area contributed by atoms with Crippen LogP contribution >= 0.6 is 23.2 Å². The number of nitrogens with zero attached hydrogens (tertiary/aromatic N) is 1. The van der Waals surface area contributed by atoms with Crippen LogP contribution < -0.4 is 5.32 Å². The lowest BCUT2D eigenvalue weighted by molar-refractivity contribution is -0.140. The summed E-state index contributed by atoms with van der Waals surface area (Å²) in [5.41, 5.74) is 3.56. The van der Waals surface area contributed by atoms with Gasteiger partial charge in [0.25, 0.3) is 0 Å². The Morgan fingerprint density at radius 3 is 2.27 bits per heavy atom. The standard InChI is InChI=1S/C24H30Cl2N2O2/c1-15-7-8-18(11-16(15)2)12-22(29)28(17(3)23(30)27-24(4,5)6)14-19-9-10-20(25)13-21(19)26/h7-11,13,17H,12,14H2,1-6H3,(H,27,30). The summed E-state index contributed by atoms with van der Waals surface area (Å²) < 4.78 is 0. The number of halogens is 2. The molecule has 0 aliphatic rings. The lowest BCUT2D eigenvalue weighted by atomic mass is 10.0. The summed E-state index contributed by atoms with van der Waals surface area (Å²) in [5.74, 6) is -0.346. The highest BCUT2D eigenvalue weighted by atomic mass is 35.5. The summed E-state index contributed by atoms with van der Waals surface area (Å²) in [6.45, 7) is 11.8. The van der Waals surface area contributed by atoms with Gasteiger partial charge < -0.3 is 10.2 Å². The van der Waals surface area contributed by atoms with Crippen molar-refractivity contribution in [2.75, 3.05) is 0 Å². The van der Waals surface area contributed by atoms with E-state index in [1.807, 2.05) is 52.8 Å². The summed E-state index contributed by atoms with van der Waals surface area (Å²) in [4.78, 5) is 27.7. The number of rotatable bonds is 6. The van der Waals surface area contributed by atoms with Gasteiger partial charge in [-0.1, -0.05) is 47.5 Å². The monoisotopic (exact) mass is 448 g/mol. The molecule has 6 heteroatoms. The third-order valence-corrected chi connectivity index (χ3v) is 5.53. The van der Waals surface area contributed by atoms with Gasteiger partial charge in [0.1, 0.15) is 6.04 Å². The Morgan fingerprint density at radius 1 is 1.03 bits per heavy atom. The van der Waals surface area contributed by atoms with Gasteiger partial charge >= 0.3 is 0 Å². The van der Waals surface area contributed by atoms with Crippen LogP contribution in [0.5, 0.6) is 0 Å². The van der Waals surface area contributed by atoms with Crippen LogP contribution in [0.2, 0.25) is 10.0 Å². The minimum absolute atomic E-state index is 0.138. The molecule has 1 N–H and O–H groups in total. The van der Waals surface area contributed by atoms with Crippen molar-refractivity contribution in [1.82, 2.24) is 10.2 Å². The number of carbonyl (C=O) groups excluding carboxylic acids is 2. The first kappa shape index (κ1) is 24.2. The molecule has 0 saturated carbocycles. The summed E-state index contributed by atoms with van der Waals surface area (Å²) in [5, 5.41) is 3.95. The van der Waals surface area contributed by atoms with E-state index in [2.05, 4.69) is 5.32 Å². The minimum Gasteiger partial charge on any atom is -0.350 e. The van der Waals surface area contributed by atoms with Gasteiger partial charge in [0.2, 0.25) is 11.8 Å². The fraction of sp³-hybridized carbons (Fsp3) is 0.417. The van der Waals surface area contributed by atoms with Crippen molar-refractivity contribution in [1.29, 1.82) is 0 Å². The first-order valence-corrected chi connectivity index (χ1v) is 10.7. The average molecular weight is 449 g/mol. The largest absolute Gasteiger partial charge is 0.350 e. The van der Waals surface area contributed by atoms with Crippen LogP contribution in [0.15, 0.2) is 36.4 Å². The van der Waals surface area contributed by atoms with Gasteiger partial charge in [-0.2, -0.15) is 0 Å². The van der Waals surface area contributed by atoms with Crippen molar-refractivity contribution in [3.05, 3.63) is 68.7 Å². The summed E-state index contributed by atoms with van der Waals surface area (Å²) in [6.07, 6.45) is 0.208. The molecule has 2 aromatic rings. The maximum atomic E-state index is 13.3. The Balaban J connectivity index is 2.32. The number of benzene rings is 2. The molecule has 0 fully saturated rings. The third-order valence-electron chi connectivity index (χ3n) is 4.95. The topological polar surface area (TPSA) is 49.4 Å². The van der Waals surface area contributed by atoms with Crippen molar-refractivity contribution in [3.8, 4) is 0 Å². The first-order chi connectivity index (χ1) is 13.9. The Kier molecular flexibility index (Phi) is 7.95. The zero-order valence-corrected chi connectivity index (χ0v) is 20.0. The molecule has 1 unspecified atom stereocenters. The quantitative estimate of drug-likeness (QED) is 0.635. The predicted octanol–water partition coefficient (Wildman–Crippen LogP) is 5.48. The molecule has 2 rings (SSSR count). The van der Waals surface area contributed by atoms with E-state index in [-0.39, 0.29) is 24.8 Å². The van der Waals surface area contributed by atoms with Crippen LogP contribution in [0.4, 0.5) is 0 Å². The van der Waals surface area contributed by atoms with Crippen molar-refractivity contribution < 1.29 is 9.59 Å². The van der Waals surface area contributed by atoms with E-state index >= 15 is 0 Å². The van der Waals surface area contributed by atoms with Gasteiger partial charge in [-0.25, -0.2) is 0 Å². The molecule has 0 spiro atoms. The van der Waals surface area contributed by atoms with Crippen LogP contribution in [0, 0.1) is 13.8 Å². The fourth-order valence-corrected chi connectivity index (χ4v) is 3.55. The van der Waals surface area contributed by atoms with E-state index in [1.165, 1.54) is 5.56 Å². The first-order valence-electron chi connectivity index (χ1n) is 9.99. The molecule has 2 aromatic carbocycles. The zero-order chi connectivity index (χ0) is 22.6. The second-order valence-electron chi connectivity index (χ2n) is 8.77. The van der Waals surface area contributed by atoms with Crippen molar-refractivity contribution in [2.24, 2.45) is 0 Å². The van der Waals surface area contributed by atoms with E-state index in [1.54, 1.807) is 30.0 Å². The van der Waals surface area contributed by atoms with Crippen LogP contribution in [0.3, 0.4) is 0 Å². The zero-order valence-electron chi connectivity index (χ0n) is 18.5. The fourth-order valence-electron chi connectivity index (χ4n) is 3.08. The van der Waals surface area contributed by atoms with Crippen molar-refractivity contribution >= 4 is 35.0 Å². The second-order valence-corrected chi connectivity index (χ2v) is 9.61. The highest BCUT2D eigenvalue weighted by Crippen LogP contribution is 2.24. The molecular formula is C24H30Cl2N2O2. The second kappa shape index (κ2) is 9.84. The Hall–Kier alpha value is -2.04.